The van der Waals surface area contributed by atoms with Gasteiger partial charge in [0, 0.05) is 15.1 Å². The van der Waals surface area contributed by atoms with Gasteiger partial charge in [-0.05, 0) is 52.7 Å². The molecule has 2 rings (SSSR count). The minimum absolute atomic E-state index is 0.0291. The molecule has 2 nitrogen and oxygen atoms in total. The van der Waals surface area contributed by atoms with Gasteiger partial charge < -0.3 is 4.74 Å². The summed E-state index contributed by atoms with van der Waals surface area (Å²) in [5, 5.41) is 0. The van der Waals surface area contributed by atoms with Gasteiger partial charge in [0.15, 0.2) is 5.82 Å². The molecule has 2 aromatic rings. The molecule has 0 saturated carbocycles. The standard InChI is InChI=1S/C12H8Br2FNO/c1-7-4-8(13)2-3-11(7)17-12-10(15)5-9(14)6-16-12/h2-6H,1H3. The molecule has 0 radical (unpaired) electrons. The fraction of sp³-hybridized carbons (Fsp3) is 0.0833. The number of halogens is 3. The molecule has 0 aliphatic carbocycles. The van der Waals surface area contributed by atoms with Crippen molar-refractivity contribution in [3.8, 4) is 11.6 Å². The van der Waals surface area contributed by atoms with E-state index in [1.807, 2.05) is 19.1 Å². The second-order valence-electron chi connectivity index (χ2n) is 3.45. The second kappa shape index (κ2) is 5.14. The second-order valence-corrected chi connectivity index (χ2v) is 5.28. The first kappa shape index (κ1) is 12.5. The average Bonchev–Trinajstić information content (AvgIpc) is 2.25. The first-order valence-corrected chi connectivity index (χ1v) is 6.40. The number of benzene rings is 1. The Hall–Kier alpha value is -0.940. The summed E-state index contributed by atoms with van der Waals surface area (Å²) in [5.41, 5.74) is 0.906. The molecule has 0 bridgehead atoms. The highest BCUT2D eigenvalue weighted by Gasteiger charge is 2.08. The Morgan fingerprint density at radius 1 is 1.18 bits per heavy atom. The van der Waals surface area contributed by atoms with E-state index in [-0.39, 0.29) is 5.88 Å². The van der Waals surface area contributed by atoms with E-state index in [2.05, 4.69) is 36.8 Å². The lowest BCUT2D eigenvalue weighted by atomic mass is 10.2. The van der Waals surface area contributed by atoms with Gasteiger partial charge in [-0.1, -0.05) is 15.9 Å². The van der Waals surface area contributed by atoms with Gasteiger partial charge in [0.2, 0.25) is 0 Å². The molecule has 0 saturated heterocycles. The Labute approximate surface area is 115 Å². The van der Waals surface area contributed by atoms with Crippen molar-refractivity contribution in [2.45, 2.75) is 6.92 Å². The van der Waals surface area contributed by atoms with E-state index in [4.69, 9.17) is 4.74 Å². The number of nitrogens with zero attached hydrogens (tertiary/aromatic N) is 1. The Morgan fingerprint density at radius 2 is 1.94 bits per heavy atom. The first-order valence-electron chi connectivity index (χ1n) is 4.81. The summed E-state index contributed by atoms with van der Waals surface area (Å²) >= 11 is 6.50. The van der Waals surface area contributed by atoms with Crippen molar-refractivity contribution in [1.82, 2.24) is 4.98 Å². The van der Waals surface area contributed by atoms with E-state index in [9.17, 15) is 4.39 Å². The largest absolute Gasteiger partial charge is 0.436 e. The van der Waals surface area contributed by atoms with Gasteiger partial charge in [-0.3, -0.25) is 0 Å². The van der Waals surface area contributed by atoms with Crippen molar-refractivity contribution in [1.29, 1.82) is 0 Å². The van der Waals surface area contributed by atoms with E-state index in [0.29, 0.717) is 10.2 Å². The summed E-state index contributed by atoms with van der Waals surface area (Å²) in [7, 11) is 0. The van der Waals surface area contributed by atoms with Crippen molar-refractivity contribution in [3.63, 3.8) is 0 Å². The molecule has 5 heteroatoms. The van der Waals surface area contributed by atoms with Crippen LogP contribution in [0.2, 0.25) is 0 Å². The maximum Gasteiger partial charge on any atom is 0.255 e. The van der Waals surface area contributed by atoms with Crippen molar-refractivity contribution in [3.05, 3.63) is 50.8 Å². The maximum atomic E-state index is 13.5. The lowest BCUT2D eigenvalue weighted by molar-refractivity contribution is 0.420. The molecule has 0 amide bonds. The molecule has 0 unspecified atom stereocenters. The predicted octanol–water partition coefficient (Wildman–Crippen LogP) is 4.85. The van der Waals surface area contributed by atoms with Crippen molar-refractivity contribution >= 4 is 31.9 Å². The van der Waals surface area contributed by atoms with Crippen LogP contribution < -0.4 is 4.74 Å². The monoisotopic (exact) mass is 359 g/mol. The normalized spacial score (nSPS) is 10.4. The van der Waals surface area contributed by atoms with Crippen LogP contribution in [-0.2, 0) is 0 Å². The third-order valence-corrected chi connectivity index (χ3v) is 3.04. The Kier molecular flexibility index (Phi) is 3.79. The zero-order chi connectivity index (χ0) is 12.4. The van der Waals surface area contributed by atoms with Gasteiger partial charge in [0.25, 0.3) is 5.88 Å². The van der Waals surface area contributed by atoms with Gasteiger partial charge in [-0.25, -0.2) is 9.37 Å². The van der Waals surface area contributed by atoms with Crippen molar-refractivity contribution in [2.24, 2.45) is 0 Å². The van der Waals surface area contributed by atoms with Gasteiger partial charge in [-0.2, -0.15) is 0 Å². The third-order valence-electron chi connectivity index (χ3n) is 2.12. The maximum absolute atomic E-state index is 13.5. The summed E-state index contributed by atoms with van der Waals surface area (Å²) in [6.07, 6.45) is 1.49. The molecule has 1 aromatic carbocycles. The lowest BCUT2D eigenvalue weighted by Gasteiger charge is -2.08. The number of hydrogen-bond acceptors (Lipinski definition) is 2. The van der Waals surface area contributed by atoms with Crippen molar-refractivity contribution in [2.75, 3.05) is 0 Å². The Bertz CT molecular complexity index is 511. The Morgan fingerprint density at radius 3 is 2.59 bits per heavy atom. The van der Waals surface area contributed by atoms with Gasteiger partial charge in [0.1, 0.15) is 5.75 Å². The first-order chi connectivity index (χ1) is 8.06. The topological polar surface area (TPSA) is 22.1 Å². The SMILES string of the molecule is Cc1cc(Br)ccc1Oc1ncc(Br)cc1F. The molecular formula is C12H8Br2FNO. The molecule has 17 heavy (non-hydrogen) atoms. The Balaban J connectivity index is 2.31. The average molecular weight is 361 g/mol. The molecule has 1 heterocycles. The van der Waals surface area contributed by atoms with Crippen LogP contribution in [0.1, 0.15) is 5.56 Å². The van der Waals surface area contributed by atoms with E-state index in [1.54, 1.807) is 6.07 Å². The van der Waals surface area contributed by atoms with Crippen LogP contribution in [0.25, 0.3) is 0 Å². The van der Waals surface area contributed by atoms with E-state index in [0.717, 1.165) is 10.0 Å². The minimum Gasteiger partial charge on any atom is -0.436 e. The van der Waals surface area contributed by atoms with Crippen molar-refractivity contribution < 1.29 is 9.13 Å². The highest BCUT2D eigenvalue weighted by Crippen LogP contribution is 2.28. The van der Waals surface area contributed by atoms with Crippen LogP contribution in [0.15, 0.2) is 39.4 Å². The van der Waals surface area contributed by atoms with E-state index in [1.165, 1.54) is 12.3 Å². The zero-order valence-corrected chi connectivity index (χ0v) is 12.0. The molecule has 0 N–H and O–H groups in total. The van der Waals surface area contributed by atoms with Crippen LogP contribution in [0, 0.1) is 12.7 Å². The summed E-state index contributed by atoms with van der Waals surface area (Å²) in [6.45, 7) is 1.89. The van der Waals surface area contributed by atoms with Gasteiger partial charge >= 0.3 is 0 Å². The molecule has 1 aromatic heterocycles. The third kappa shape index (κ3) is 3.04. The summed E-state index contributed by atoms with van der Waals surface area (Å²) in [6, 6.07) is 6.81. The molecular weight excluding hydrogens is 353 g/mol. The van der Waals surface area contributed by atoms with Gasteiger partial charge in [0.05, 0.1) is 0 Å². The fourth-order valence-corrected chi connectivity index (χ4v) is 2.09. The smallest absolute Gasteiger partial charge is 0.255 e. The van der Waals surface area contributed by atoms with Crippen LogP contribution >= 0.6 is 31.9 Å². The molecule has 0 aliphatic rings. The number of hydrogen-bond donors (Lipinski definition) is 0. The molecule has 88 valence electrons. The van der Waals surface area contributed by atoms with Crippen LogP contribution in [0.4, 0.5) is 4.39 Å². The van der Waals surface area contributed by atoms with Gasteiger partial charge in [-0.15, -0.1) is 0 Å². The quantitative estimate of drug-likeness (QED) is 0.763. The number of ether oxygens (including phenoxy) is 1. The van der Waals surface area contributed by atoms with Crippen LogP contribution in [0.5, 0.6) is 11.6 Å². The zero-order valence-electron chi connectivity index (χ0n) is 8.88. The number of rotatable bonds is 2. The number of pyridine rings is 1. The summed E-state index contributed by atoms with van der Waals surface area (Å²) < 4.78 is 20.5. The molecule has 0 spiro atoms. The summed E-state index contributed by atoms with van der Waals surface area (Å²) in [5.74, 6) is 0.0576. The predicted molar refractivity (Wildman–Crippen MR) is 70.8 cm³/mol. The molecule has 0 fully saturated rings. The molecule has 0 aliphatic heterocycles. The molecule has 0 atom stereocenters. The highest BCUT2D eigenvalue weighted by atomic mass is 79.9. The minimum atomic E-state index is -0.498. The van der Waals surface area contributed by atoms with Crippen LogP contribution in [0.3, 0.4) is 0 Å². The number of aryl methyl sites for hydroxylation is 1. The summed E-state index contributed by atoms with van der Waals surface area (Å²) in [4.78, 5) is 3.88. The number of aromatic nitrogens is 1. The van der Waals surface area contributed by atoms with E-state index >= 15 is 0 Å². The lowest BCUT2D eigenvalue weighted by Crippen LogP contribution is -1.93. The van der Waals surface area contributed by atoms with Crippen LogP contribution in [-0.4, -0.2) is 4.98 Å². The fourth-order valence-electron chi connectivity index (χ4n) is 1.31. The highest BCUT2D eigenvalue weighted by molar-refractivity contribution is 9.10. The van der Waals surface area contributed by atoms with E-state index < -0.39 is 5.82 Å².